The van der Waals surface area contributed by atoms with Gasteiger partial charge in [0, 0.05) is 12.6 Å². The monoisotopic (exact) mass is 263 g/mol. The van der Waals surface area contributed by atoms with Gasteiger partial charge in [0.25, 0.3) is 0 Å². The summed E-state index contributed by atoms with van der Waals surface area (Å²) in [5.74, 6) is -3.36. The van der Waals surface area contributed by atoms with E-state index in [2.05, 4.69) is 5.32 Å². The van der Waals surface area contributed by atoms with Crippen molar-refractivity contribution in [1.29, 1.82) is 0 Å². The fourth-order valence-electron chi connectivity index (χ4n) is 1.37. The highest BCUT2D eigenvalue weighted by Crippen LogP contribution is 2.03. The van der Waals surface area contributed by atoms with Crippen molar-refractivity contribution in [2.45, 2.75) is 13.0 Å². The molecule has 19 heavy (non-hydrogen) atoms. The minimum Gasteiger partial charge on any atom is -0.478 e. The Kier molecular flexibility index (Phi) is 5.28. The Morgan fingerprint density at radius 2 is 1.74 bits per heavy atom. The fourth-order valence-corrected chi connectivity index (χ4v) is 1.37. The van der Waals surface area contributed by atoms with Crippen LogP contribution in [0.3, 0.4) is 0 Å². The van der Waals surface area contributed by atoms with Gasteiger partial charge >= 0.3 is 11.9 Å². The number of carbonyl (C=O) groups is 3. The van der Waals surface area contributed by atoms with E-state index in [4.69, 9.17) is 10.2 Å². The number of hydrogen-bond acceptors (Lipinski definition) is 3. The first-order valence-corrected chi connectivity index (χ1v) is 5.46. The molecule has 100 valence electrons. The molecule has 0 saturated carbocycles. The first-order chi connectivity index (χ1) is 8.99. The van der Waals surface area contributed by atoms with Crippen LogP contribution in [0.5, 0.6) is 0 Å². The van der Waals surface area contributed by atoms with Crippen LogP contribution in [0.2, 0.25) is 0 Å². The molecule has 0 aliphatic carbocycles. The van der Waals surface area contributed by atoms with Crippen molar-refractivity contribution < 1.29 is 24.6 Å². The van der Waals surface area contributed by atoms with Crippen LogP contribution in [-0.4, -0.2) is 28.1 Å². The highest BCUT2D eigenvalue weighted by Gasteiger charge is 2.14. The van der Waals surface area contributed by atoms with Crippen molar-refractivity contribution in [2.24, 2.45) is 0 Å². The van der Waals surface area contributed by atoms with Gasteiger partial charge in [-0.05, 0) is 5.56 Å². The molecular formula is C13H13NO5. The second kappa shape index (κ2) is 6.95. The summed E-state index contributed by atoms with van der Waals surface area (Å²) >= 11 is 0. The van der Waals surface area contributed by atoms with Gasteiger partial charge < -0.3 is 15.5 Å². The van der Waals surface area contributed by atoms with Crippen LogP contribution >= 0.6 is 0 Å². The third-order valence-corrected chi connectivity index (χ3v) is 2.26. The minimum absolute atomic E-state index is 0.264. The number of rotatable bonds is 6. The summed E-state index contributed by atoms with van der Waals surface area (Å²) in [5, 5.41) is 19.7. The average Bonchev–Trinajstić information content (AvgIpc) is 2.36. The van der Waals surface area contributed by atoms with Gasteiger partial charge in [0.05, 0.1) is 12.0 Å². The summed E-state index contributed by atoms with van der Waals surface area (Å²) in [6.07, 6.45) is 0.0406. The van der Waals surface area contributed by atoms with E-state index in [-0.39, 0.29) is 6.54 Å². The Balaban J connectivity index is 2.54. The molecule has 0 atom stereocenters. The van der Waals surface area contributed by atoms with E-state index < -0.39 is 29.8 Å². The molecule has 1 aromatic carbocycles. The van der Waals surface area contributed by atoms with Crippen molar-refractivity contribution in [3.63, 3.8) is 0 Å². The molecule has 0 aromatic heterocycles. The molecule has 1 amide bonds. The molecule has 0 heterocycles. The largest absolute Gasteiger partial charge is 0.478 e. The van der Waals surface area contributed by atoms with E-state index in [1.54, 1.807) is 0 Å². The Hall–Kier alpha value is -2.63. The third-order valence-electron chi connectivity index (χ3n) is 2.26. The van der Waals surface area contributed by atoms with Crippen molar-refractivity contribution >= 4 is 17.8 Å². The summed E-state index contributed by atoms with van der Waals surface area (Å²) in [7, 11) is 0. The van der Waals surface area contributed by atoms with Gasteiger partial charge in [-0.15, -0.1) is 0 Å². The maximum absolute atomic E-state index is 11.5. The van der Waals surface area contributed by atoms with Crippen LogP contribution < -0.4 is 5.32 Å². The molecule has 0 aliphatic rings. The number of amides is 1. The molecule has 0 radical (unpaired) electrons. The topological polar surface area (TPSA) is 104 Å². The highest BCUT2D eigenvalue weighted by molar-refractivity contribution is 5.99. The zero-order chi connectivity index (χ0) is 14.3. The Bertz CT molecular complexity index is 507. The second-order valence-electron chi connectivity index (χ2n) is 3.75. The second-order valence-corrected chi connectivity index (χ2v) is 3.75. The summed E-state index contributed by atoms with van der Waals surface area (Å²) in [4.78, 5) is 32.6. The number of carboxylic acid groups (broad SMARTS) is 2. The van der Waals surface area contributed by atoms with E-state index in [9.17, 15) is 14.4 Å². The SMILES string of the molecule is O=C(O)C=C(CC(=O)NCc1ccccc1)C(=O)O. The van der Waals surface area contributed by atoms with Gasteiger partial charge in [-0.25, -0.2) is 9.59 Å². The predicted octanol–water partition coefficient (Wildman–Crippen LogP) is 0.788. The van der Waals surface area contributed by atoms with Crippen LogP contribution in [0.15, 0.2) is 42.0 Å². The highest BCUT2D eigenvalue weighted by atomic mass is 16.4. The normalized spacial score (nSPS) is 10.8. The molecule has 6 heteroatoms. The van der Waals surface area contributed by atoms with Gasteiger partial charge in [-0.1, -0.05) is 30.3 Å². The summed E-state index contributed by atoms with van der Waals surface area (Å²) in [5.41, 5.74) is 0.410. The molecule has 3 N–H and O–H groups in total. The number of carboxylic acids is 2. The zero-order valence-corrected chi connectivity index (χ0v) is 10.00. The zero-order valence-electron chi connectivity index (χ0n) is 10.00. The lowest BCUT2D eigenvalue weighted by molar-refractivity contribution is -0.135. The van der Waals surface area contributed by atoms with Crippen LogP contribution in [-0.2, 0) is 20.9 Å². The smallest absolute Gasteiger partial charge is 0.332 e. The summed E-state index contributed by atoms with van der Waals surface area (Å²) < 4.78 is 0. The Labute approximate surface area is 109 Å². The molecule has 0 fully saturated rings. The van der Waals surface area contributed by atoms with Crippen molar-refractivity contribution in [1.82, 2.24) is 5.32 Å². The van der Waals surface area contributed by atoms with E-state index in [0.29, 0.717) is 6.08 Å². The Morgan fingerprint density at radius 1 is 1.11 bits per heavy atom. The quantitative estimate of drug-likeness (QED) is 0.658. The van der Waals surface area contributed by atoms with Gasteiger partial charge in [0.15, 0.2) is 0 Å². The fraction of sp³-hybridized carbons (Fsp3) is 0.154. The van der Waals surface area contributed by atoms with E-state index >= 15 is 0 Å². The lowest BCUT2D eigenvalue weighted by Crippen LogP contribution is -2.24. The van der Waals surface area contributed by atoms with E-state index in [0.717, 1.165) is 5.56 Å². The predicted molar refractivity (Wildman–Crippen MR) is 66.3 cm³/mol. The van der Waals surface area contributed by atoms with Gasteiger partial charge in [0.1, 0.15) is 0 Å². The molecule has 1 aromatic rings. The van der Waals surface area contributed by atoms with Crippen molar-refractivity contribution in [2.75, 3.05) is 0 Å². The number of hydrogen-bond donors (Lipinski definition) is 3. The van der Waals surface area contributed by atoms with Crippen molar-refractivity contribution in [3.05, 3.63) is 47.5 Å². The van der Waals surface area contributed by atoms with Gasteiger partial charge in [0.2, 0.25) is 5.91 Å². The van der Waals surface area contributed by atoms with E-state index in [1.807, 2.05) is 30.3 Å². The molecule has 0 unspecified atom stereocenters. The molecule has 0 aliphatic heterocycles. The average molecular weight is 263 g/mol. The first kappa shape index (κ1) is 14.4. The van der Waals surface area contributed by atoms with Gasteiger partial charge in [-0.2, -0.15) is 0 Å². The van der Waals surface area contributed by atoms with Crippen LogP contribution in [0.4, 0.5) is 0 Å². The number of benzene rings is 1. The molecule has 1 rings (SSSR count). The Morgan fingerprint density at radius 3 is 2.26 bits per heavy atom. The maximum atomic E-state index is 11.5. The molecule has 0 bridgehead atoms. The number of nitrogens with one attached hydrogen (secondary N) is 1. The van der Waals surface area contributed by atoms with Crippen LogP contribution in [0.1, 0.15) is 12.0 Å². The van der Waals surface area contributed by atoms with Crippen molar-refractivity contribution in [3.8, 4) is 0 Å². The van der Waals surface area contributed by atoms with Gasteiger partial charge in [-0.3, -0.25) is 4.79 Å². The first-order valence-electron chi connectivity index (χ1n) is 5.46. The summed E-state index contributed by atoms with van der Waals surface area (Å²) in [6.45, 7) is 0.264. The minimum atomic E-state index is -1.42. The molecule has 0 spiro atoms. The van der Waals surface area contributed by atoms with Crippen LogP contribution in [0, 0.1) is 0 Å². The standard InChI is InChI=1S/C13H13NO5/c15-11(6-10(13(18)19)7-12(16)17)14-8-9-4-2-1-3-5-9/h1-5,7H,6,8H2,(H,14,15)(H,16,17)(H,18,19). The third kappa shape index (κ3) is 5.49. The number of carbonyl (C=O) groups excluding carboxylic acids is 1. The van der Waals surface area contributed by atoms with E-state index in [1.165, 1.54) is 0 Å². The lowest BCUT2D eigenvalue weighted by atomic mass is 10.1. The lowest BCUT2D eigenvalue weighted by Gasteiger charge is -2.05. The molecule has 0 saturated heterocycles. The molecular weight excluding hydrogens is 250 g/mol. The summed E-state index contributed by atoms with van der Waals surface area (Å²) in [6, 6.07) is 9.09. The number of aliphatic carboxylic acids is 2. The molecule has 6 nitrogen and oxygen atoms in total. The maximum Gasteiger partial charge on any atom is 0.332 e. The van der Waals surface area contributed by atoms with Crippen LogP contribution in [0.25, 0.3) is 0 Å².